The first kappa shape index (κ1) is 46.0. The second-order valence-corrected chi connectivity index (χ2v) is 14.5. The molecule has 5 aliphatic heterocycles. The van der Waals surface area contributed by atoms with Crippen molar-refractivity contribution in [3.05, 3.63) is 0 Å². The Labute approximate surface area is 319 Å². The van der Waals surface area contributed by atoms with E-state index in [1.54, 1.807) is 0 Å². The lowest BCUT2D eigenvalue weighted by Gasteiger charge is -2.45. The minimum absolute atomic E-state index is 0.499. The zero-order valence-corrected chi connectivity index (χ0v) is 29.9. The van der Waals surface area contributed by atoms with Gasteiger partial charge in [0.15, 0.2) is 31.5 Å². The lowest BCUT2D eigenvalue weighted by atomic mass is 9.96. The minimum atomic E-state index is -1.67. The molecule has 0 unspecified atom stereocenters. The number of aliphatic hydroxyl groups is 12. The summed E-state index contributed by atoms with van der Waals surface area (Å²) in [6.07, 6.45) is -30.0. The van der Waals surface area contributed by atoms with E-state index in [9.17, 15) is 61.3 Å². The van der Waals surface area contributed by atoms with Crippen molar-refractivity contribution in [1.29, 1.82) is 0 Å². The molecule has 0 aromatic rings. The Morgan fingerprint density at radius 3 is 0.839 bits per heavy atom. The highest BCUT2D eigenvalue weighted by atomic mass is 16.7. The fourth-order valence-corrected chi connectivity index (χ4v) is 6.84. The zero-order valence-electron chi connectivity index (χ0n) is 29.9. The quantitative estimate of drug-likeness (QED) is 0.0820. The number of rotatable bonds is 13. The van der Waals surface area contributed by atoms with Crippen molar-refractivity contribution >= 4 is 0 Å². The van der Waals surface area contributed by atoms with E-state index in [1.165, 1.54) is 0 Å². The zero-order chi connectivity index (χ0) is 41.3. The van der Waals surface area contributed by atoms with Gasteiger partial charge in [0.1, 0.15) is 91.6 Å². The lowest BCUT2D eigenvalue weighted by molar-refractivity contribution is -0.321. The van der Waals surface area contributed by atoms with Crippen LogP contribution < -0.4 is 28.7 Å². The Morgan fingerprint density at radius 1 is 0.321 bits per heavy atom. The third kappa shape index (κ3) is 9.77. The molecule has 0 bridgehead atoms. The van der Waals surface area contributed by atoms with Crippen LogP contribution in [0.15, 0.2) is 0 Å². The van der Waals surface area contributed by atoms with Crippen LogP contribution in [0.5, 0.6) is 0 Å². The average molecular weight is 824 g/mol. The molecule has 5 fully saturated rings. The van der Waals surface area contributed by atoms with E-state index in [0.717, 1.165) is 0 Å². The maximum atomic E-state index is 10.7. The number of hydrogen-bond donors (Lipinski definition) is 17. The summed E-state index contributed by atoms with van der Waals surface area (Å²) in [7, 11) is 0. The van der Waals surface area contributed by atoms with E-state index in [1.807, 2.05) is 0 Å². The molecule has 26 nitrogen and oxygen atoms in total. The molecule has 5 aliphatic rings. The normalized spacial score (nSPS) is 53.2. The third-order valence-electron chi connectivity index (χ3n) is 10.6. The SMILES string of the molecule is N[C@@H]1[C@@H](O)[C@H](O)[C@@H](CO[C@@H]2O[C@H](CO[C@@H]3O[C@H](CO[C@@H]4O[C@H](CO[C@@H]5O[C@H](CO)[C@@H](O)[C@H](O)[C@H]5N)[C@@H](O)[C@H](O)[C@H]4N)[C@@H](O)[C@H](O)[C@H]3N)[C@@H](O)[C@H](O)[C@H]2N)O[C@H]1O. The van der Waals surface area contributed by atoms with Crippen LogP contribution in [0.2, 0.25) is 0 Å². The van der Waals surface area contributed by atoms with Crippen LogP contribution in [-0.2, 0) is 42.6 Å². The van der Waals surface area contributed by atoms with Gasteiger partial charge in [0.2, 0.25) is 0 Å². The summed E-state index contributed by atoms with van der Waals surface area (Å²) in [6, 6.07) is -6.61. The van der Waals surface area contributed by atoms with Gasteiger partial charge in [0.25, 0.3) is 0 Å². The first-order chi connectivity index (χ1) is 26.4. The molecule has 328 valence electrons. The summed E-state index contributed by atoms with van der Waals surface area (Å²) in [4.78, 5) is 0. The molecule has 0 saturated carbocycles. The summed E-state index contributed by atoms with van der Waals surface area (Å²) in [6.45, 7) is -2.79. The predicted octanol–water partition coefficient (Wildman–Crippen LogP) is -12.1. The van der Waals surface area contributed by atoms with Crippen molar-refractivity contribution in [2.45, 2.75) is 153 Å². The number of aliphatic hydroxyl groups excluding tert-OH is 12. The van der Waals surface area contributed by atoms with Gasteiger partial charge in [-0.25, -0.2) is 0 Å². The highest BCUT2D eigenvalue weighted by molar-refractivity contribution is 4.97. The van der Waals surface area contributed by atoms with E-state index in [2.05, 4.69) is 0 Å². The summed E-state index contributed by atoms with van der Waals surface area (Å²) in [5.74, 6) is 0. The van der Waals surface area contributed by atoms with Gasteiger partial charge in [-0.1, -0.05) is 0 Å². The van der Waals surface area contributed by atoms with Crippen molar-refractivity contribution in [1.82, 2.24) is 0 Å². The molecule has 0 aromatic heterocycles. The van der Waals surface area contributed by atoms with E-state index in [-0.39, 0.29) is 0 Å². The van der Waals surface area contributed by atoms with Crippen LogP contribution in [0.4, 0.5) is 0 Å². The molecule has 0 aliphatic carbocycles. The molecule has 22 N–H and O–H groups in total. The Bertz CT molecular complexity index is 1220. The molecule has 5 saturated heterocycles. The summed E-state index contributed by atoms with van der Waals surface area (Å²) < 4.78 is 50.3. The predicted molar refractivity (Wildman–Crippen MR) is 176 cm³/mol. The molecule has 5 heterocycles. The van der Waals surface area contributed by atoms with Crippen molar-refractivity contribution in [2.24, 2.45) is 28.7 Å². The molecule has 5 rings (SSSR count). The standard InChI is InChI=1S/C30H57N5O21/c31-11-21(42)17(38)7(52-26(11)47)2-48-28-13(33)23(44)19(40)9(54-28)4-50-30-15(35)25(46)20(41)10(56-30)5-51-29-14(34)24(45)18(39)8(55-29)3-49-27-12(32)22(43)16(37)6(1-36)53-27/h6-30,36-47H,1-5,31-35H2/t6-,7-,8-,9-,10-,11-,12-,13-,14-,15-,16-,17-,18-,19-,20-,21-,22-,23-,24-,25-,26-,27-,28-,29-,30-/m1/s1. The van der Waals surface area contributed by atoms with Crippen molar-refractivity contribution in [2.75, 3.05) is 33.0 Å². The maximum absolute atomic E-state index is 10.7. The highest BCUT2D eigenvalue weighted by Gasteiger charge is 2.50. The van der Waals surface area contributed by atoms with Crippen LogP contribution in [0, 0.1) is 0 Å². The average Bonchev–Trinajstić information content (AvgIpc) is 3.18. The fraction of sp³-hybridized carbons (Fsp3) is 1.00. The topological polar surface area (TPSA) is 456 Å². The maximum Gasteiger partial charge on any atom is 0.175 e. The number of nitrogens with two attached hydrogens (primary N) is 5. The molecule has 0 aromatic carbocycles. The van der Waals surface area contributed by atoms with Crippen LogP contribution in [-0.4, -0.2) is 248 Å². The van der Waals surface area contributed by atoms with Crippen LogP contribution in [0.25, 0.3) is 0 Å². The summed E-state index contributed by atoms with van der Waals surface area (Å²) in [5.41, 5.74) is 29.6. The van der Waals surface area contributed by atoms with E-state index in [0.29, 0.717) is 0 Å². The van der Waals surface area contributed by atoms with Crippen molar-refractivity contribution < 1.29 is 104 Å². The second kappa shape index (κ2) is 19.6. The van der Waals surface area contributed by atoms with E-state index in [4.69, 9.17) is 71.3 Å². The lowest BCUT2D eigenvalue weighted by Crippen LogP contribution is -2.66. The van der Waals surface area contributed by atoms with Crippen LogP contribution in [0.3, 0.4) is 0 Å². The Morgan fingerprint density at radius 2 is 0.554 bits per heavy atom. The van der Waals surface area contributed by atoms with Crippen molar-refractivity contribution in [3.63, 3.8) is 0 Å². The van der Waals surface area contributed by atoms with Crippen molar-refractivity contribution in [3.8, 4) is 0 Å². The van der Waals surface area contributed by atoms with Gasteiger partial charge in [-0.2, -0.15) is 0 Å². The molecule has 56 heavy (non-hydrogen) atoms. The Kier molecular flexibility index (Phi) is 16.1. The van der Waals surface area contributed by atoms with E-state index < -0.39 is 186 Å². The first-order valence-electron chi connectivity index (χ1n) is 18.0. The van der Waals surface area contributed by atoms with Gasteiger partial charge in [-0.3, -0.25) is 0 Å². The molecule has 26 heteroatoms. The van der Waals surface area contributed by atoms with Gasteiger partial charge in [-0.15, -0.1) is 0 Å². The number of ether oxygens (including phenoxy) is 9. The molecule has 0 amide bonds. The van der Waals surface area contributed by atoms with Crippen LogP contribution >= 0.6 is 0 Å². The largest absolute Gasteiger partial charge is 0.394 e. The van der Waals surface area contributed by atoms with Crippen LogP contribution in [0.1, 0.15) is 0 Å². The molecule has 0 spiro atoms. The second-order valence-electron chi connectivity index (χ2n) is 14.5. The van der Waals surface area contributed by atoms with E-state index >= 15 is 0 Å². The highest BCUT2D eigenvalue weighted by Crippen LogP contribution is 2.29. The van der Waals surface area contributed by atoms with Gasteiger partial charge in [-0.05, 0) is 0 Å². The molecular formula is C30H57N5O21. The van der Waals surface area contributed by atoms with Gasteiger partial charge in [0, 0.05) is 0 Å². The first-order valence-corrected chi connectivity index (χ1v) is 18.0. The molecule has 25 atom stereocenters. The monoisotopic (exact) mass is 823 g/mol. The minimum Gasteiger partial charge on any atom is -0.394 e. The molecular weight excluding hydrogens is 766 g/mol. The third-order valence-corrected chi connectivity index (χ3v) is 10.6. The smallest absolute Gasteiger partial charge is 0.175 e. The molecule has 0 radical (unpaired) electrons. The number of hydrogen-bond acceptors (Lipinski definition) is 26. The summed E-state index contributed by atoms with van der Waals surface area (Å²) in [5, 5.41) is 124. The van der Waals surface area contributed by atoms with Gasteiger partial charge < -0.3 is 133 Å². The Hall–Kier alpha value is -1.04. The van der Waals surface area contributed by atoms with Gasteiger partial charge >= 0.3 is 0 Å². The Balaban J connectivity index is 1.15. The van der Waals surface area contributed by atoms with Gasteiger partial charge in [0.05, 0.1) is 63.2 Å². The summed E-state index contributed by atoms with van der Waals surface area (Å²) >= 11 is 0. The fourth-order valence-electron chi connectivity index (χ4n) is 6.84.